The van der Waals surface area contributed by atoms with Crippen LogP contribution in [0.15, 0.2) is 30.0 Å². The number of benzene rings is 1. The van der Waals surface area contributed by atoms with Crippen LogP contribution in [0.3, 0.4) is 0 Å². The highest BCUT2D eigenvalue weighted by atomic mass is 16.5. The van der Waals surface area contributed by atoms with Gasteiger partial charge in [-0.15, -0.1) is 0 Å². The normalized spacial score (nSPS) is 10.9. The maximum absolute atomic E-state index is 11.8. The molecule has 0 unspecified atom stereocenters. The van der Waals surface area contributed by atoms with E-state index >= 15 is 0 Å². The third-order valence-electron chi connectivity index (χ3n) is 3.48. The van der Waals surface area contributed by atoms with E-state index in [-0.39, 0.29) is 5.70 Å². The maximum Gasteiger partial charge on any atom is 0.354 e. The second-order valence-electron chi connectivity index (χ2n) is 4.87. The van der Waals surface area contributed by atoms with Gasteiger partial charge in [0.1, 0.15) is 5.70 Å². The van der Waals surface area contributed by atoms with E-state index in [0.29, 0.717) is 0 Å². The predicted octanol–water partition coefficient (Wildman–Crippen LogP) is 2.48. The molecule has 0 aliphatic heterocycles. The minimum absolute atomic E-state index is 0.0260. The van der Waals surface area contributed by atoms with Crippen molar-refractivity contribution in [2.24, 2.45) is 0 Å². The molecule has 0 aliphatic rings. The highest BCUT2D eigenvalue weighted by Gasteiger charge is 2.14. The van der Waals surface area contributed by atoms with Gasteiger partial charge in [-0.2, -0.15) is 0 Å². The van der Waals surface area contributed by atoms with Crippen molar-refractivity contribution in [2.75, 3.05) is 37.5 Å². The first-order valence-corrected chi connectivity index (χ1v) is 7.47. The lowest BCUT2D eigenvalue weighted by Gasteiger charge is -2.22. The molecule has 1 rings (SSSR count). The van der Waals surface area contributed by atoms with Gasteiger partial charge in [-0.1, -0.05) is 0 Å². The first kappa shape index (κ1) is 18.5. The number of carbonyl (C=O) groups excluding carboxylic acids is 2. The van der Waals surface area contributed by atoms with E-state index in [1.807, 2.05) is 25.1 Å². The Morgan fingerprint density at radius 1 is 1.17 bits per heavy atom. The van der Waals surface area contributed by atoms with Crippen LogP contribution in [0.5, 0.6) is 0 Å². The summed E-state index contributed by atoms with van der Waals surface area (Å²) in [6, 6.07) is 5.87. The molecule has 0 atom stereocenters. The smallest absolute Gasteiger partial charge is 0.354 e. The van der Waals surface area contributed by atoms with Crippen molar-refractivity contribution in [1.82, 2.24) is 0 Å². The summed E-state index contributed by atoms with van der Waals surface area (Å²) in [7, 11) is 2.50. The molecule has 6 nitrogen and oxygen atoms in total. The molecular weight excluding hydrogens is 296 g/mol. The van der Waals surface area contributed by atoms with Gasteiger partial charge < -0.3 is 19.7 Å². The van der Waals surface area contributed by atoms with Crippen molar-refractivity contribution < 1.29 is 19.1 Å². The quantitative estimate of drug-likeness (QED) is 0.615. The fraction of sp³-hybridized carbons (Fsp3) is 0.412. The van der Waals surface area contributed by atoms with Crippen LogP contribution in [0.1, 0.15) is 19.4 Å². The Morgan fingerprint density at radius 3 is 2.30 bits per heavy atom. The molecule has 1 N–H and O–H groups in total. The van der Waals surface area contributed by atoms with Gasteiger partial charge in [0, 0.05) is 24.5 Å². The van der Waals surface area contributed by atoms with Crippen molar-refractivity contribution in [3.05, 3.63) is 35.5 Å². The van der Waals surface area contributed by atoms with E-state index in [9.17, 15) is 9.59 Å². The van der Waals surface area contributed by atoms with Gasteiger partial charge >= 0.3 is 11.9 Å². The minimum Gasteiger partial charge on any atom is -0.466 e. The number of hydrogen-bond acceptors (Lipinski definition) is 6. The molecule has 0 heterocycles. The molecule has 23 heavy (non-hydrogen) atoms. The summed E-state index contributed by atoms with van der Waals surface area (Å²) < 4.78 is 9.23. The van der Waals surface area contributed by atoms with Gasteiger partial charge in [0.2, 0.25) is 0 Å². The second kappa shape index (κ2) is 8.82. The molecule has 0 aliphatic carbocycles. The first-order valence-electron chi connectivity index (χ1n) is 7.47. The molecular formula is C17H24N2O4. The number of nitrogens with zero attached hydrogens (tertiary/aromatic N) is 1. The predicted molar refractivity (Wildman–Crippen MR) is 90.5 cm³/mol. The van der Waals surface area contributed by atoms with Crippen LogP contribution < -0.4 is 10.2 Å². The third kappa shape index (κ3) is 5.02. The van der Waals surface area contributed by atoms with Gasteiger partial charge in [0.25, 0.3) is 0 Å². The Balaban J connectivity index is 3.08. The standard InChI is InChI=1S/C17H24N2O4/c1-6-19(7-2)13-8-9-14(12(3)10-13)18-15(17(21)23-5)11-16(20)22-4/h8-11,18H,6-7H2,1-5H3/b15-11+. The van der Waals surface area contributed by atoms with Gasteiger partial charge in [-0.05, 0) is 44.5 Å². The van der Waals surface area contributed by atoms with Crippen molar-refractivity contribution >= 4 is 23.3 Å². The van der Waals surface area contributed by atoms with Crippen LogP contribution in [-0.2, 0) is 19.1 Å². The number of anilines is 2. The van der Waals surface area contributed by atoms with Crippen LogP contribution in [0.25, 0.3) is 0 Å². The Morgan fingerprint density at radius 2 is 1.83 bits per heavy atom. The number of methoxy groups -OCH3 is 2. The highest BCUT2D eigenvalue weighted by molar-refractivity contribution is 5.98. The van der Waals surface area contributed by atoms with Crippen LogP contribution in [0, 0.1) is 6.92 Å². The van der Waals surface area contributed by atoms with E-state index in [4.69, 9.17) is 0 Å². The van der Waals surface area contributed by atoms with Crippen molar-refractivity contribution in [3.63, 3.8) is 0 Å². The number of ether oxygens (including phenoxy) is 2. The molecule has 0 spiro atoms. The molecule has 0 saturated heterocycles. The number of aryl methyl sites for hydroxylation is 1. The average molecular weight is 320 g/mol. The van der Waals surface area contributed by atoms with Gasteiger partial charge in [-0.3, -0.25) is 0 Å². The Kier molecular flexibility index (Phi) is 7.12. The topological polar surface area (TPSA) is 67.9 Å². The van der Waals surface area contributed by atoms with Gasteiger partial charge in [0.15, 0.2) is 0 Å². The summed E-state index contributed by atoms with van der Waals surface area (Å²) in [5.41, 5.74) is 2.81. The lowest BCUT2D eigenvalue weighted by molar-refractivity contribution is -0.138. The summed E-state index contributed by atoms with van der Waals surface area (Å²) in [4.78, 5) is 25.4. The minimum atomic E-state index is -0.636. The van der Waals surface area contributed by atoms with Gasteiger partial charge in [-0.25, -0.2) is 9.59 Å². The van der Waals surface area contributed by atoms with Crippen molar-refractivity contribution in [3.8, 4) is 0 Å². The van der Waals surface area contributed by atoms with Crippen molar-refractivity contribution in [1.29, 1.82) is 0 Å². The van der Waals surface area contributed by atoms with Crippen LogP contribution in [0.4, 0.5) is 11.4 Å². The average Bonchev–Trinajstić information content (AvgIpc) is 2.56. The Hall–Kier alpha value is -2.50. The summed E-state index contributed by atoms with van der Waals surface area (Å²) in [5.74, 6) is -1.27. The first-order chi connectivity index (χ1) is 11.0. The summed E-state index contributed by atoms with van der Waals surface area (Å²) in [6.07, 6.45) is 1.07. The molecule has 0 fully saturated rings. The molecule has 0 saturated carbocycles. The van der Waals surface area contributed by atoms with Crippen molar-refractivity contribution in [2.45, 2.75) is 20.8 Å². The fourth-order valence-electron chi connectivity index (χ4n) is 2.15. The third-order valence-corrected chi connectivity index (χ3v) is 3.48. The SMILES string of the molecule is CCN(CC)c1ccc(N/C(=C/C(=O)OC)C(=O)OC)c(C)c1. The summed E-state index contributed by atoms with van der Waals surface area (Å²) in [6.45, 7) is 7.96. The summed E-state index contributed by atoms with van der Waals surface area (Å²) >= 11 is 0. The number of hydrogen-bond donors (Lipinski definition) is 1. The van der Waals surface area contributed by atoms with E-state index < -0.39 is 11.9 Å². The highest BCUT2D eigenvalue weighted by Crippen LogP contribution is 2.24. The lowest BCUT2D eigenvalue weighted by Crippen LogP contribution is -2.22. The lowest BCUT2D eigenvalue weighted by atomic mass is 10.1. The zero-order valence-electron chi connectivity index (χ0n) is 14.3. The van der Waals surface area contributed by atoms with E-state index in [2.05, 4.69) is 33.5 Å². The zero-order valence-corrected chi connectivity index (χ0v) is 14.3. The van der Waals surface area contributed by atoms with Crippen LogP contribution in [0.2, 0.25) is 0 Å². The Labute approximate surface area is 137 Å². The molecule has 6 heteroatoms. The second-order valence-corrected chi connectivity index (χ2v) is 4.87. The van der Waals surface area contributed by atoms with Crippen LogP contribution >= 0.6 is 0 Å². The largest absolute Gasteiger partial charge is 0.466 e. The fourth-order valence-corrected chi connectivity index (χ4v) is 2.15. The molecule has 0 aromatic heterocycles. The number of rotatable bonds is 7. The van der Waals surface area contributed by atoms with Gasteiger partial charge in [0.05, 0.1) is 20.3 Å². The number of carbonyl (C=O) groups is 2. The number of esters is 2. The van der Waals surface area contributed by atoms with E-state index in [1.54, 1.807) is 0 Å². The Bertz CT molecular complexity index is 592. The zero-order chi connectivity index (χ0) is 17.4. The van der Waals surface area contributed by atoms with E-state index in [0.717, 1.165) is 36.1 Å². The summed E-state index contributed by atoms with van der Waals surface area (Å²) in [5, 5.41) is 2.93. The molecule has 0 radical (unpaired) electrons. The monoisotopic (exact) mass is 320 g/mol. The maximum atomic E-state index is 11.8. The van der Waals surface area contributed by atoms with E-state index in [1.165, 1.54) is 14.2 Å². The van der Waals surface area contributed by atoms with Crippen LogP contribution in [-0.4, -0.2) is 39.2 Å². The molecule has 1 aromatic rings. The number of nitrogens with one attached hydrogen (secondary N) is 1. The molecule has 0 bridgehead atoms. The molecule has 0 amide bonds. The molecule has 1 aromatic carbocycles. The molecule has 126 valence electrons.